The summed E-state index contributed by atoms with van der Waals surface area (Å²) < 4.78 is 5.41. The number of amides is 1. The highest BCUT2D eigenvalue weighted by Gasteiger charge is 2.24. The molecule has 1 aliphatic heterocycles. The molecule has 1 saturated heterocycles. The number of ether oxygens (including phenoxy) is 1. The highest BCUT2D eigenvalue weighted by atomic mass is 16.5. The van der Waals surface area contributed by atoms with Crippen LogP contribution >= 0.6 is 0 Å². The Kier molecular flexibility index (Phi) is 5.05. The molecule has 1 aliphatic rings. The Labute approximate surface area is 158 Å². The van der Waals surface area contributed by atoms with Gasteiger partial charge in [0.2, 0.25) is 0 Å². The number of hydrogen-bond donors (Lipinski definition) is 2. The van der Waals surface area contributed by atoms with Crippen molar-refractivity contribution in [1.82, 2.24) is 5.48 Å². The second-order valence-corrected chi connectivity index (χ2v) is 6.67. The van der Waals surface area contributed by atoms with Gasteiger partial charge in [-0.1, -0.05) is 54.6 Å². The van der Waals surface area contributed by atoms with E-state index in [1.54, 1.807) is 0 Å². The molecule has 4 rings (SSSR count). The second kappa shape index (κ2) is 7.78. The van der Waals surface area contributed by atoms with Crippen molar-refractivity contribution in [2.45, 2.75) is 5.92 Å². The predicted octanol–water partition coefficient (Wildman–Crippen LogP) is 3.31. The van der Waals surface area contributed by atoms with E-state index in [0.717, 1.165) is 53.9 Å². The summed E-state index contributed by atoms with van der Waals surface area (Å²) in [5.74, 6) is -1.02. The zero-order valence-electron chi connectivity index (χ0n) is 15.0. The fourth-order valence-corrected chi connectivity index (χ4v) is 3.74. The molecule has 1 unspecified atom stereocenters. The van der Waals surface area contributed by atoms with Crippen molar-refractivity contribution >= 4 is 22.4 Å². The Morgan fingerprint density at radius 1 is 0.963 bits per heavy atom. The number of rotatable bonds is 4. The van der Waals surface area contributed by atoms with Crippen molar-refractivity contribution in [3.05, 3.63) is 77.9 Å². The Morgan fingerprint density at radius 2 is 1.67 bits per heavy atom. The molecule has 1 fully saturated rings. The van der Waals surface area contributed by atoms with E-state index in [1.807, 2.05) is 72.2 Å². The molecule has 0 spiro atoms. The Balaban J connectivity index is 1.73. The van der Waals surface area contributed by atoms with E-state index in [4.69, 9.17) is 4.74 Å². The first kappa shape index (κ1) is 17.5. The van der Waals surface area contributed by atoms with Gasteiger partial charge in [0.1, 0.15) is 0 Å². The van der Waals surface area contributed by atoms with Gasteiger partial charge in [-0.15, -0.1) is 0 Å². The van der Waals surface area contributed by atoms with Gasteiger partial charge in [-0.2, -0.15) is 0 Å². The summed E-state index contributed by atoms with van der Waals surface area (Å²) in [5.41, 5.74) is 4.67. The summed E-state index contributed by atoms with van der Waals surface area (Å²) in [6, 6.07) is 21.9. The molecule has 0 aliphatic carbocycles. The molecule has 1 amide bonds. The van der Waals surface area contributed by atoms with Crippen LogP contribution in [-0.4, -0.2) is 37.4 Å². The number of carbonyl (C=O) groups excluding carboxylic acids is 1. The van der Waals surface area contributed by atoms with Gasteiger partial charge in [0, 0.05) is 18.8 Å². The van der Waals surface area contributed by atoms with Crippen molar-refractivity contribution in [2.24, 2.45) is 0 Å². The second-order valence-electron chi connectivity index (χ2n) is 6.67. The maximum atomic E-state index is 12.6. The number of hydrogen-bond acceptors (Lipinski definition) is 4. The number of anilines is 1. The lowest BCUT2D eigenvalue weighted by atomic mass is 9.87. The van der Waals surface area contributed by atoms with Crippen LogP contribution in [0.15, 0.2) is 66.7 Å². The Morgan fingerprint density at radius 3 is 2.41 bits per heavy atom. The van der Waals surface area contributed by atoms with Crippen LogP contribution in [0.3, 0.4) is 0 Å². The zero-order chi connectivity index (χ0) is 18.6. The highest BCUT2D eigenvalue weighted by Crippen LogP contribution is 2.32. The highest BCUT2D eigenvalue weighted by molar-refractivity contribution is 5.94. The smallest absolute Gasteiger partial charge is 0.255 e. The number of morpholine rings is 1. The molecule has 0 aromatic heterocycles. The largest absolute Gasteiger partial charge is 0.378 e. The van der Waals surface area contributed by atoms with E-state index in [9.17, 15) is 10.0 Å². The van der Waals surface area contributed by atoms with Crippen LogP contribution in [0.25, 0.3) is 10.8 Å². The van der Waals surface area contributed by atoms with Gasteiger partial charge in [0.15, 0.2) is 0 Å². The monoisotopic (exact) mass is 362 g/mol. The third-order valence-electron chi connectivity index (χ3n) is 5.11. The van der Waals surface area contributed by atoms with E-state index in [2.05, 4.69) is 4.90 Å². The van der Waals surface area contributed by atoms with E-state index < -0.39 is 11.8 Å². The van der Waals surface area contributed by atoms with Gasteiger partial charge in [-0.05, 0) is 34.0 Å². The minimum Gasteiger partial charge on any atom is -0.378 e. The van der Waals surface area contributed by atoms with Crippen LogP contribution in [-0.2, 0) is 9.53 Å². The summed E-state index contributed by atoms with van der Waals surface area (Å²) in [4.78, 5) is 14.8. The standard InChI is InChI=1S/C22H22N2O3/c25-22(23-26)21(20-7-3-5-16-4-1-2-6-19(16)20)17-8-10-18(11-9-17)24-12-14-27-15-13-24/h1-11,21,26H,12-15H2,(H,23,25). The lowest BCUT2D eigenvalue weighted by molar-refractivity contribution is -0.129. The third kappa shape index (κ3) is 3.52. The van der Waals surface area contributed by atoms with Gasteiger partial charge in [-0.3, -0.25) is 10.0 Å². The zero-order valence-corrected chi connectivity index (χ0v) is 15.0. The van der Waals surface area contributed by atoms with Gasteiger partial charge in [0.05, 0.1) is 19.1 Å². The lowest BCUT2D eigenvalue weighted by Crippen LogP contribution is -2.36. The number of fused-ring (bicyclic) bond motifs is 1. The van der Waals surface area contributed by atoms with Crippen LogP contribution in [0.1, 0.15) is 17.0 Å². The van der Waals surface area contributed by atoms with Crippen LogP contribution in [0.2, 0.25) is 0 Å². The molecule has 2 N–H and O–H groups in total. The summed E-state index contributed by atoms with van der Waals surface area (Å²) in [5, 5.41) is 11.4. The van der Waals surface area contributed by atoms with E-state index in [0.29, 0.717) is 0 Å². The molecule has 0 saturated carbocycles. The molecule has 3 aromatic carbocycles. The van der Waals surface area contributed by atoms with Crippen LogP contribution in [0, 0.1) is 0 Å². The summed E-state index contributed by atoms with van der Waals surface area (Å²) in [6.45, 7) is 3.19. The quantitative estimate of drug-likeness (QED) is 0.552. The first-order valence-electron chi connectivity index (χ1n) is 9.12. The number of nitrogens with one attached hydrogen (secondary N) is 1. The van der Waals surface area contributed by atoms with Crippen molar-refractivity contribution in [3.63, 3.8) is 0 Å². The molecule has 0 radical (unpaired) electrons. The number of nitrogens with zero attached hydrogens (tertiary/aromatic N) is 1. The molecule has 5 nitrogen and oxygen atoms in total. The fourth-order valence-electron chi connectivity index (χ4n) is 3.74. The number of benzene rings is 3. The van der Waals surface area contributed by atoms with Crippen molar-refractivity contribution < 1.29 is 14.7 Å². The van der Waals surface area contributed by atoms with Gasteiger partial charge in [0.25, 0.3) is 5.91 Å². The van der Waals surface area contributed by atoms with Gasteiger partial charge >= 0.3 is 0 Å². The molecule has 5 heteroatoms. The normalized spacial score (nSPS) is 15.5. The maximum absolute atomic E-state index is 12.6. The fraction of sp³-hybridized carbons (Fsp3) is 0.227. The van der Waals surface area contributed by atoms with E-state index in [1.165, 1.54) is 0 Å². The first-order chi connectivity index (χ1) is 13.3. The molecule has 27 heavy (non-hydrogen) atoms. The Hall–Kier alpha value is -2.89. The maximum Gasteiger partial charge on any atom is 0.255 e. The average molecular weight is 362 g/mol. The van der Waals surface area contributed by atoms with Gasteiger partial charge in [-0.25, -0.2) is 5.48 Å². The molecule has 138 valence electrons. The van der Waals surface area contributed by atoms with Crippen LogP contribution < -0.4 is 10.4 Å². The van der Waals surface area contributed by atoms with Crippen molar-refractivity contribution in [1.29, 1.82) is 0 Å². The van der Waals surface area contributed by atoms with Gasteiger partial charge < -0.3 is 9.64 Å². The number of hydroxylamine groups is 1. The molecule has 1 heterocycles. The molecule has 1 atom stereocenters. The minimum absolute atomic E-state index is 0.439. The molecule has 3 aromatic rings. The Bertz CT molecular complexity index is 928. The first-order valence-corrected chi connectivity index (χ1v) is 9.12. The predicted molar refractivity (Wildman–Crippen MR) is 105 cm³/mol. The van der Waals surface area contributed by atoms with E-state index in [-0.39, 0.29) is 0 Å². The average Bonchev–Trinajstić information content (AvgIpc) is 2.75. The topological polar surface area (TPSA) is 61.8 Å². The number of carbonyl (C=O) groups is 1. The molecular formula is C22H22N2O3. The summed E-state index contributed by atoms with van der Waals surface area (Å²) in [6.07, 6.45) is 0. The third-order valence-corrected chi connectivity index (χ3v) is 5.11. The van der Waals surface area contributed by atoms with Crippen molar-refractivity contribution in [3.8, 4) is 0 Å². The summed E-state index contributed by atoms with van der Waals surface area (Å²) >= 11 is 0. The molecule has 0 bridgehead atoms. The SMILES string of the molecule is O=C(NO)C(c1ccc(N2CCOCC2)cc1)c1cccc2ccccc12. The minimum atomic E-state index is -0.583. The van der Waals surface area contributed by atoms with Crippen molar-refractivity contribution in [2.75, 3.05) is 31.2 Å². The van der Waals surface area contributed by atoms with E-state index >= 15 is 0 Å². The van der Waals surface area contributed by atoms with Crippen LogP contribution in [0.4, 0.5) is 5.69 Å². The summed E-state index contributed by atoms with van der Waals surface area (Å²) in [7, 11) is 0. The lowest BCUT2D eigenvalue weighted by Gasteiger charge is -2.29. The molecular weight excluding hydrogens is 340 g/mol. The van der Waals surface area contributed by atoms with Crippen LogP contribution in [0.5, 0.6) is 0 Å².